The van der Waals surface area contributed by atoms with Crippen LogP contribution in [0.3, 0.4) is 0 Å². The Morgan fingerprint density at radius 1 is 1.16 bits per heavy atom. The highest BCUT2D eigenvalue weighted by molar-refractivity contribution is 5.16. The summed E-state index contributed by atoms with van der Waals surface area (Å²) in [5.41, 5.74) is -0.290. The van der Waals surface area contributed by atoms with Crippen LogP contribution in [0, 0.1) is 17.2 Å². The summed E-state index contributed by atoms with van der Waals surface area (Å²) in [7, 11) is 0. The number of hydrogen-bond donors (Lipinski definition) is 1. The SMILES string of the molecule is CCCN1CCN(CC(C#N)(NCC)C2CC2)CC1. The molecule has 0 aromatic carbocycles. The second-order valence-electron chi connectivity index (χ2n) is 6.01. The zero-order valence-corrected chi connectivity index (χ0v) is 12.5. The number of nitrogens with one attached hydrogen (secondary N) is 1. The molecule has 1 aliphatic carbocycles. The van der Waals surface area contributed by atoms with Crippen LogP contribution in [-0.2, 0) is 0 Å². The monoisotopic (exact) mass is 264 g/mol. The van der Waals surface area contributed by atoms with Gasteiger partial charge in [0.1, 0.15) is 5.54 Å². The van der Waals surface area contributed by atoms with E-state index < -0.39 is 0 Å². The third kappa shape index (κ3) is 3.68. The lowest BCUT2D eigenvalue weighted by Gasteiger charge is -2.39. The molecule has 0 aromatic rings. The molecule has 1 N–H and O–H groups in total. The van der Waals surface area contributed by atoms with Crippen molar-refractivity contribution in [3.63, 3.8) is 0 Å². The molecule has 2 fully saturated rings. The Hall–Kier alpha value is -0.630. The molecular weight excluding hydrogens is 236 g/mol. The molecule has 108 valence electrons. The van der Waals surface area contributed by atoms with Crippen molar-refractivity contribution in [2.45, 2.75) is 38.6 Å². The van der Waals surface area contributed by atoms with Crippen LogP contribution in [0.25, 0.3) is 0 Å². The van der Waals surface area contributed by atoms with Gasteiger partial charge in [0.25, 0.3) is 0 Å². The first-order valence-corrected chi connectivity index (χ1v) is 7.85. The molecular formula is C15H28N4. The molecule has 0 aromatic heterocycles. The maximum absolute atomic E-state index is 9.64. The highest BCUT2D eigenvalue weighted by Crippen LogP contribution is 2.40. The smallest absolute Gasteiger partial charge is 0.122 e. The Labute approximate surface area is 117 Å². The lowest BCUT2D eigenvalue weighted by Crippen LogP contribution is -2.58. The van der Waals surface area contributed by atoms with Crippen molar-refractivity contribution in [2.75, 3.05) is 45.8 Å². The number of nitriles is 1. The van der Waals surface area contributed by atoms with Gasteiger partial charge in [0, 0.05) is 32.7 Å². The minimum Gasteiger partial charge on any atom is -0.301 e. The summed E-state index contributed by atoms with van der Waals surface area (Å²) in [6.07, 6.45) is 3.67. The van der Waals surface area contributed by atoms with Gasteiger partial charge in [0.05, 0.1) is 6.07 Å². The topological polar surface area (TPSA) is 42.3 Å². The third-order valence-corrected chi connectivity index (χ3v) is 4.44. The maximum atomic E-state index is 9.64. The average molecular weight is 264 g/mol. The van der Waals surface area contributed by atoms with Crippen LogP contribution in [-0.4, -0.2) is 61.2 Å². The van der Waals surface area contributed by atoms with E-state index >= 15 is 0 Å². The van der Waals surface area contributed by atoms with E-state index in [1.165, 1.54) is 25.8 Å². The van der Waals surface area contributed by atoms with Gasteiger partial charge < -0.3 is 4.90 Å². The average Bonchev–Trinajstić information content (AvgIpc) is 3.25. The molecule has 2 aliphatic rings. The minimum absolute atomic E-state index is 0.290. The molecule has 1 unspecified atom stereocenters. The van der Waals surface area contributed by atoms with E-state index in [0.29, 0.717) is 5.92 Å². The fourth-order valence-corrected chi connectivity index (χ4v) is 3.23. The van der Waals surface area contributed by atoms with Gasteiger partial charge >= 0.3 is 0 Å². The number of hydrogen-bond acceptors (Lipinski definition) is 4. The van der Waals surface area contributed by atoms with E-state index in [-0.39, 0.29) is 5.54 Å². The van der Waals surface area contributed by atoms with Crippen LogP contribution in [0.1, 0.15) is 33.1 Å². The summed E-state index contributed by atoms with van der Waals surface area (Å²) in [4.78, 5) is 5.02. The molecule has 0 bridgehead atoms. The van der Waals surface area contributed by atoms with E-state index in [9.17, 15) is 5.26 Å². The summed E-state index contributed by atoms with van der Waals surface area (Å²) >= 11 is 0. The van der Waals surface area contributed by atoms with Crippen LogP contribution in [0.4, 0.5) is 0 Å². The third-order valence-electron chi connectivity index (χ3n) is 4.44. The molecule has 4 nitrogen and oxygen atoms in total. The molecule has 1 aliphatic heterocycles. The van der Waals surface area contributed by atoms with Gasteiger partial charge in [-0.15, -0.1) is 0 Å². The van der Waals surface area contributed by atoms with Gasteiger partial charge in [0.2, 0.25) is 0 Å². The molecule has 1 heterocycles. The Bertz CT molecular complexity index is 313. The van der Waals surface area contributed by atoms with E-state index in [1.54, 1.807) is 0 Å². The predicted molar refractivity (Wildman–Crippen MR) is 77.9 cm³/mol. The Balaban J connectivity index is 1.87. The van der Waals surface area contributed by atoms with E-state index in [0.717, 1.165) is 39.3 Å². The highest BCUT2D eigenvalue weighted by atomic mass is 15.3. The van der Waals surface area contributed by atoms with Crippen molar-refractivity contribution in [1.82, 2.24) is 15.1 Å². The van der Waals surface area contributed by atoms with Crippen molar-refractivity contribution in [3.05, 3.63) is 0 Å². The van der Waals surface area contributed by atoms with Crippen LogP contribution >= 0.6 is 0 Å². The molecule has 19 heavy (non-hydrogen) atoms. The van der Waals surface area contributed by atoms with Crippen LogP contribution < -0.4 is 5.32 Å². The van der Waals surface area contributed by atoms with Gasteiger partial charge in [-0.2, -0.15) is 5.26 Å². The highest BCUT2D eigenvalue weighted by Gasteiger charge is 2.46. The van der Waals surface area contributed by atoms with Crippen molar-refractivity contribution in [2.24, 2.45) is 5.92 Å². The van der Waals surface area contributed by atoms with Gasteiger partial charge in [-0.05, 0) is 38.3 Å². The van der Waals surface area contributed by atoms with Crippen LogP contribution in [0.15, 0.2) is 0 Å². The molecule has 2 rings (SSSR count). The van der Waals surface area contributed by atoms with E-state index in [4.69, 9.17) is 0 Å². The first-order chi connectivity index (χ1) is 9.24. The molecule has 0 spiro atoms. The van der Waals surface area contributed by atoms with Gasteiger partial charge in [-0.1, -0.05) is 13.8 Å². The molecule has 4 heteroatoms. The quantitative estimate of drug-likeness (QED) is 0.752. The van der Waals surface area contributed by atoms with E-state index in [2.05, 4.69) is 35.0 Å². The first-order valence-electron chi connectivity index (χ1n) is 7.85. The second-order valence-corrected chi connectivity index (χ2v) is 6.01. The fourth-order valence-electron chi connectivity index (χ4n) is 3.23. The number of nitrogens with zero attached hydrogens (tertiary/aromatic N) is 3. The van der Waals surface area contributed by atoms with Crippen LogP contribution in [0.5, 0.6) is 0 Å². The normalized spacial score (nSPS) is 24.9. The lowest BCUT2D eigenvalue weighted by molar-refractivity contribution is 0.108. The molecule has 1 saturated carbocycles. The lowest BCUT2D eigenvalue weighted by atomic mass is 9.93. The van der Waals surface area contributed by atoms with Gasteiger partial charge in [-0.3, -0.25) is 10.2 Å². The van der Waals surface area contributed by atoms with Gasteiger partial charge in [0.15, 0.2) is 0 Å². The molecule has 1 saturated heterocycles. The Morgan fingerprint density at radius 3 is 2.26 bits per heavy atom. The zero-order chi connectivity index (χ0) is 13.7. The van der Waals surface area contributed by atoms with E-state index in [1.807, 2.05) is 0 Å². The Morgan fingerprint density at radius 2 is 1.79 bits per heavy atom. The van der Waals surface area contributed by atoms with Gasteiger partial charge in [-0.25, -0.2) is 0 Å². The minimum atomic E-state index is -0.290. The molecule has 1 atom stereocenters. The summed E-state index contributed by atoms with van der Waals surface area (Å²) in [6.45, 7) is 11.9. The fraction of sp³-hybridized carbons (Fsp3) is 0.933. The second kappa shape index (κ2) is 6.69. The summed E-state index contributed by atoms with van der Waals surface area (Å²) < 4.78 is 0. The molecule has 0 radical (unpaired) electrons. The van der Waals surface area contributed by atoms with Crippen molar-refractivity contribution in [1.29, 1.82) is 5.26 Å². The van der Waals surface area contributed by atoms with Crippen molar-refractivity contribution >= 4 is 0 Å². The zero-order valence-electron chi connectivity index (χ0n) is 12.5. The van der Waals surface area contributed by atoms with Crippen molar-refractivity contribution in [3.8, 4) is 6.07 Å². The summed E-state index contributed by atoms with van der Waals surface area (Å²) in [5, 5.41) is 13.1. The maximum Gasteiger partial charge on any atom is 0.122 e. The number of piperazine rings is 1. The molecule has 0 amide bonds. The number of rotatable bonds is 7. The predicted octanol–water partition coefficient (Wildman–Crippen LogP) is 1.30. The Kier molecular flexibility index (Phi) is 5.20. The van der Waals surface area contributed by atoms with Crippen LogP contribution in [0.2, 0.25) is 0 Å². The van der Waals surface area contributed by atoms with Crippen molar-refractivity contribution < 1.29 is 0 Å². The largest absolute Gasteiger partial charge is 0.301 e. The summed E-state index contributed by atoms with van der Waals surface area (Å²) in [6, 6.07) is 2.60. The first kappa shape index (κ1) is 14.8. The standard InChI is InChI=1S/C15H28N4/c1-3-7-18-8-10-19(11-9-18)13-15(12-16,17-4-2)14-5-6-14/h14,17H,3-11,13H2,1-2H3. The summed E-state index contributed by atoms with van der Waals surface area (Å²) in [5.74, 6) is 0.575. The number of likely N-dealkylation sites (N-methyl/N-ethyl adjacent to an activating group) is 1.